The molecule has 0 atom stereocenters. The Morgan fingerprint density at radius 3 is 2.61 bits per heavy atom. The van der Waals surface area contributed by atoms with Crippen molar-refractivity contribution in [2.75, 3.05) is 0 Å². The number of oxazole rings is 1. The molecule has 1 N–H and O–H groups in total. The van der Waals surface area contributed by atoms with E-state index in [9.17, 15) is 0 Å². The Morgan fingerprint density at radius 2 is 2.06 bits per heavy atom. The number of rotatable bonds is 5. The fourth-order valence-electron chi connectivity index (χ4n) is 2.94. The Kier molecular flexibility index (Phi) is 4.44. The van der Waals surface area contributed by atoms with E-state index in [0.29, 0.717) is 11.5 Å². The second-order valence-electron chi connectivity index (χ2n) is 6.25. The molecule has 1 aliphatic rings. The predicted molar refractivity (Wildman–Crippen MR) is 73.2 cm³/mol. The average molecular weight is 250 g/mol. The Morgan fingerprint density at radius 1 is 1.33 bits per heavy atom. The normalized spacial score (nSPS) is 25.3. The highest BCUT2D eigenvalue weighted by atomic mass is 16.3. The van der Waals surface area contributed by atoms with Gasteiger partial charge < -0.3 is 9.73 Å². The van der Waals surface area contributed by atoms with Crippen molar-refractivity contribution in [3.8, 4) is 0 Å². The number of nitrogens with one attached hydrogen (secondary N) is 1. The fraction of sp³-hybridized carbons (Fsp3) is 0.800. The molecule has 0 spiro atoms. The fourth-order valence-corrected chi connectivity index (χ4v) is 2.94. The maximum Gasteiger partial charge on any atom is 0.180 e. The monoisotopic (exact) mass is 250 g/mol. The lowest BCUT2D eigenvalue weighted by Gasteiger charge is -2.39. The lowest BCUT2D eigenvalue weighted by Crippen LogP contribution is -2.36. The molecule has 1 aliphatic carbocycles. The summed E-state index contributed by atoms with van der Waals surface area (Å²) in [5.41, 5.74) is 1.52. The third-order valence-electron chi connectivity index (χ3n) is 4.80. The zero-order valence-corrected chi connectivity index (χ0v) is 11.9. The largest absolute Gasteiger partial charge is 0.451 e. The number of hydrogen-bond donors (Lipinski definition) is 1. The minimum absolute atomic E-state index is 0.511. The van der Waals surface area contributed by atoms with E-state index in [0.717, 1.165) is 18.2 Å². The molecule has 0 unspecified atom stereocenters. The van der Waals surface area contributed by atoms with Crippen molar-refractivity contribution >= 4 is 0 Å². The molecule has 1 aromatic rings. The summed E-state index contributed by atoms with van der Waals surface area (Å²) in [4.78, 5) is 4.14. The Balaban J connectivity index is 1.73. The van der Waals surface area contributed by atoms with Crippen LogP contribution in [0.15, 0.2) is 17.1 Å². The number of nitrogens with zero attached hydrogens (tertiary/aromatic N) is 1. The van der Waals surface area contributed by atoms with Gasteiger partial charge in [-0.15, -0.1) is 0 Å². The average Bonchev–Trinajstić information content (AvgIpc) is 2.90. The summed E-state index contributed by atoms with van der Waals surface area (Å²) in [5.74, 6) is 0.896. The van der Waals surface area contributed by atoms with E-state index in [1.165, 1.54) is 38.5 Å². The lowest BCUT2D eigenvalue weighted by molar-refractivity contribution is 0.136. The van der Waals surface area contributed by atoms with Gasteiger partial charge in [-0.3, -0.25) is 0 Å². The molecule has 3 nitrogen and oxygen atoms in total. The van der Waals surface area contributed by atoms with E-state index < -0.39 is 0 Å². The maximum absolute atomic E-state index is 4.98. The summed E-state index contributed by atoms with van der Waals surface area (Å²) >= 11 is 0. The SMILES string of the molecule is CCC(C)(C)C1CCC(NCc2cocn2)CC1. The van der Waals surface area contributed by atoms with Gasteiger partial charge in [-0.05, 0) is 37.0 Å². The Bertz CT molecular complexity index is 337. The molecule has 0 radical (unpaired) electrons. The summed E-state index contributed by atoms with van der Waals surface area (Å²) < 4.78 is 4.98. The van der Waals surface area contributed by atoms with Crippen molar-refractivity contribution in [1.82, 2.24) is 10.3 Å². The Hall–Kier alpha value is -0.830. The molecule has 0 bridgehead atoms. The van der Waals surface area contributed by atoms with Crippen LogP contribution in [-0.2, 0) is 6.54 Å². The molecule has 0 aromatic carbocycles. The van der Waals surface area contributed by atoms with E-state index in [1.807, 2.05) is 0 Å². The summed E-state index contributed by atoms with van der Waals surface area (Å²) in [5, 5.41) is 3.59. The van der Waals surface area contributed by atoms with Crippen LogP contribution in [0.25, 0.3) is 0 Å². The van der Waals surface area contributed by atoms with Gasteiger partial charge in [-0.25, -0.2) is 4.98 Å². The first-order chi connectivity index (χ1) is 8.62. The molecule has 1 fully saturated rings. The topological polar surface area (TPSA) is 38.1 Å². The molecule has 0 saturated heterocycles. The maximum atomic E-state index is 4.98. The van der Waals surface area contributed by atoms with E-state index in [4.69, 9.17) is 4.42 Å². The predicted octanol–water partition coefficient (Wildman–Crippen LogP) is 3.76. The van der Waals surface area contributed by atoms with Gasteiger partial charge in [0.15, 0.2) is 6.39 Å². The molecule has 1 aromatic heterocycles. The molecule has 3 heteroatoms. The first kappa shape index (κ1) is 13.6. The zero-order chi connectivity index (χ0) is 13.0. The standard InChI is InChI=1S/C15H26N2O/c1-4-15(2,3)12-5-7-13(8-6-12)16-9-14-10-18-11-17-14/h10-13,16H,4-9H2,1-3H3. The zero-order valence-electron chi connectivity index (χ0n) is 11.9. The van der Waals surface area contributed by atoms with Crippen molar-refractivity contribution in [3.63, 3.8) is 0 Å². The third kappa shape index (κ3) is 3.35. The molecular formula is C15H26N2O. The molecule has 1 heterocycles. The third-order valence-corrected chi connectivity index (χ3v) is 4.80. The van der Waals surface area contributed by atoms with Gasteiger partial charge in [-0.2, -0.15) is 0 Å². The van der Waals surface area contributed by atoms with Gasteiger partial charge in [0.2, 0.25) is 0 Å². The minimum atomic E-state index is 0.511. The summed E-state index contributed by atoms with van der Waals surface area (Å²) in [6.07, 6.45) is 9.82. The lowest BCUT2D eigenvalue weighted by atomic mass is 9.69. The van der Waals surface area contributed by atoms with E-state index in [-0.39, 0.29) is 0 Å². The molecule has 0 amide bonds. The second-order valence-corrected chi connectivity index (χ2v) is 6.25. The van der Waals surface area contributed by atoms with Crippen LogP contribution in [0.3, 0.4) is 0 Å². The Labute approximate surface area is 110 Å². The molecule has 2 rings (SSSR count). The van der Waals surface area contributed by atoms with Crippen molar-refractivity contribution in [1.29, 1.82) is 0 Å². The van der Waals surface area contributed by atoms with Crippen molar-refractivity contribution in [3.05, 3.63) is 18.4 Å². The van der Waals surface area contributed by atoms with Crippen molar-refractivity contribution < 1.29 is 4.42 Å². The van der Waals surface area contributed by atoms with Gasteiger partial charge in [-0.1, -0.05) is 27.2 Å². The molecular weight excluding hydrogens is 224 g/mol. The molecule has 1 saturated carbocycles. The highest BCUT2D eigenvalue weighted by Gasteiger charge is 2.31. The van der Waals surface area contributed by atoms with Crippen LogP contribution in [0.5, 0.6) is 0 Å². The quantitative estimate of drug-likeness (QED) is 0.864. The van der Waals surface area contributed by atoms with Gasteiger partial charge in [0.1, 0.15) is 6.26 Å². The molecule has 18 heavy (non-hydrogen) atoms. The first-order valence-electron chi connectivity index (χ1n) is 7.22. The van der Waals surface area contributed by atoms with Crippen LogP contribution < -0.4 is 5.32 Å². The molecule has 102 valence electrons. The number of aromatic nitrogens is 1. The van der Waals surface area contributed by atoms with Crippen molar-refractivity contribution in [2.24, 2.45) is 11.3 Å². The molecule has 0 aliphatic heterocycles. The smallest absolute Gasteiger partial charge is 0.180 e. The second kappa shape index (κ2) is 5.87. The van der Waals surface area contributed by atoms with Crippen LogP contribution in [-0.4, -0.2) is 11.0 Å². The van der Waals surface area contributed by atoms with E-state index in [1.54, 1.807) is 6.26 Å². The highest BCUT2D eigenvalue weighted by Crippen LogP contribution is 2.40. The number of hydrogen-bond acceptors (Lipinski definition) is 3. The van der Waals surface area contributed by atoms with E-state index in [2.05, 4.69) is 31.1 Å². The van der Waals surface area contributed by atoms with Crippen LogP contribution in [0.1, 0.15) is 58.6 Å². The summed E-state index contributed by atoms with van der Waals surface area (Å²) in [6, 6.07) is 0.658. The van der Waals surface area contributed by atoms with Crippen LogP contribution >= 0.6 is 0 Å². The van der Waals surface area contributed by atoms with Gasteiger partial charge in [0.25, 0.3) is 0 Å². The van der Waals surface area contributed by atoms with Crippen LogP contribution in [0.4, 0.5) is 0 Å². The summed E-state index contributed by atoms with van der Waals surface area (Å²) in [6.45, 7) is 7.99. The van der Waals surface area contributed by atoms with Gasteiger partial charge in [0, 0.05) is 12.6 Å². The summed E-state index contributed by atoms with van der Waals surface area (Å²) in [7, 11) is 0. The van der Waals surface area contributed by atoms with E-state index >= 15 is 0 Å². The first-order valence-corrected chi connectivity index (χ1v) is 7.22. The van der Waals surface area contributed by atoms with Crippen LogP contribution in [0.2, 0.25) is 0 Å². The van der Waals surface area contributed by atoms with Crippen molar-refractivity contribution in [2.45, 2.75) is 65.5 Å². The van der Waals surface area contributed by atoms with Gasteiger partial charge >= 0.3 is 0 Å². The minimum Gasteiger partial charge on any atom is -0.451 e. The van der Waals surface area contributed by atoms with Gasteiger partial charge in [0.05, 0.1) is 5.69 Å². The highest BCUT2D eigenvalue weighted by molar-refractivity contribution is 4.92. The van der Waals surface area contributed by atoms with Crippen LogP contribution in [0, 0.1) is 11.3 Å².